The SMILES string of the molecule is CC(C)CCC(C)COC(=O)OCC(C)CCC(C)C. The Bertz CT molecular complexity index is 225. The van der Waals surface area contributed by atoms with Crippen LogP contribution in [0.5, 0.6) is 0 Å². The van der Waals surface area contributed by atoms with Gasteiger partial charge in [0.25, 0.3) is 0 Å². The molecule has 0 aliphatic heterocycles. The average Bonchev–Trinajstić information content (AvgIpc) is 2.37. The lowest BCUT2D eigenvalue weighted by Gasteiger charge is -2.15. The summed E-state index contributed by atoms with van der Waals surface area (Å²) in [5, 5.41) is 0. The van der Waals surface area contributed by atoms with E-state index in [9.17, 15) is 4.79 Å². The fraction of sp³-hybridized carbons (Fsp3) is 0.941. The molecule has 0 aromatic rings. The summed E-state index contributed by atoms with van der Waals surface area (Å²) in [6.07, 6.45) is 4.01. The van der Waals surface area contributed by atoms with Crippen molar-refractivity contribution < 1.29 is 14.3 Å². The molecule has 20 heavy (non-hydrogen) atoms. The second-order valence-electron chi connectivity index (χ2n) is 7.02. The van der Waals surface area contributed by atoms with Crippen LogP contribution in [-0.4, -0.2) is 19.4 Å². The molecule has 0 rings (SSSR count). The summed E-state index contributed by atoms with van der Waals surface area (Å²) in [7, 11) is 0. The van der Waals surface area contributed by atoms with Crippen LogP contribution in [-0.2, 0) is 9.47 Å². The Labute approximate surface area is 125 Å². The van der Waals surface area contributed by atoms with Crippen molar-refractivity contribution in [2.45, 2.75) is 67.2 Å². The van der Waals surface area contributed by atoms with E-state index in [1.165, 1.54) is 12.8 Å². The zero-order chi connectivity index (χ0) is 15.5. The van der Waals surface area contributed by atoms with E-state index in [2.05, 4.69) is 41.5 Å². The van der Waals surface area contributed by atoms with Gasteiger partial charge in [-0.25, -0.2) is 4.79 Å². The van der Waals surface area contributed by atoms with E-state index in [-0.39, 0.29) is 0 Å². The van der Waals surface area contributed by atoms with Gasteiger partial charge in [-0.3, -0.25) is 0 Å². The van der Waals surface area contributed by atoms with Crippen LogP contribution in [0, 0.1) is 23.7 Å². The molecule has 0 N–H and O–H groups in total. The van der Waals surface area contributed by atoms with Crippen LogP contribution in [0.2, 0.25) is 0 Å². The molecule has 0 saturated carbocycles. The van der Waals surface area contributed by atoms with E-state index in [4.69, 9.17) is 9.47 Å². The predicted molar refractivity (Wildman–Crippen MR) is 83.8 cm³/mol. The van der Waals surface area contributed by atoms with Gasteiger partial charge >= 0.3 is 6.16 Å². The van der Waals surface area contributed by atoms with Crippen LogP contribution >= 0.6 is 0 Å². The van der Waals surface area contributed by atoms with E-state index in [0.717, 1.165) is 12.8 Å². The zero-order valence-electron chi connectivity index (χ0n) is 14.3. The first-order valence-electron chi connectivity index (χ1n) is 8.10. The third-order valence-corrected chi connectivity index (χ3v) is 3.45. The Morgan fingerprint density at radius 3 is 1.35 bits per heavy atom. The Morgan fingerprint density at radius 1 is 0.700 bits per heavy atom. The summed E-state index contributed by atoms with van der Waals surface area (Å²) in [5.74, 6) is 2.21. The minimum atomic E-state index is -0.516. The minimum Gasteiger partial charge on any atom is -0.434 e. The second kappa shape index (κ2) is 11.0. The molecule has 0 bridgehead atoms. The third-order valence-electron chi connectivity index (χ3n) is 3.45. The van der Waals surface area contributed by atoms with Crippen LogP contribution in [0.25, 0.3) is 0 Å². The summed E-state index contributed by atoms with van der Waals surface area (Å²) in [6, 6.07) is 0. The van der Waals surface area contributed by atoms with Crippen LogP contribution in [0.15, 0.2) is 0 Å². The maximum Gasteiger partial charge on any atom is 0.508 e. The standard InChI is InChI=1S/C17H34O3/c1-13(2)7-9-15(5)11-19-17(18)20-12-16(6)10-8-14(3)4/h13-16H,7-12H2,1-6H3. The lowest BCUT2D eigenvalue weighted by Crippen LogP contribution is -2.17. The number of rotatable bonds is 10. The molecule has 0 aromatic carbocycles. The van der Waals surface area contributed by atoms with Gasteiger partial charge in [-0.2, -0.15) is 0 Å². The number of hydrogen-bond acceptors (Lipinski definition) is 3. The molecule has 0 heterocycles. The van der Waals surface area contributed by atoms with E-state index in [0.29, 0.717) is 36.9 Å². The molecular weight excluding hydrogens is 252 g/mol. The summed E-state index contributed by atoms with van der Waals surface area (Å²) in [6.45, 7) is 14.0. The molecule has 0 radical (unpaired) electrons. The number of ether oxygens (including phenoxy) is 2. The molecule has 0 spiro atoms. The highest BCUT2D eigenvalue weighted by atomic mass is 16.7. The number of hydrogen-bond donors (Lipinski definition) is 0. The average molecular weight is 286 g/mol. The first-order chi connectivity index (χ1) is 9.31. The number of carbonyl (C=O) groups is 1. The summed E-state index contributed by atoms with van der Waals surface area (Å²) in [4.78, 5) is 11.5. The van der Waals surface area contributed by atoms with Gasteiger partial charge in [-0.1, -0.05) is 54.4 Å². The lowest BCUT2D eigenvalue weighted by molar-refractivity contribution is 0.0352. The monoisotopic (exact) mass is 286 g/mol. The van der Waals surface area contributed by atoms with Crippen LogP contribution < -0.4 is 0 Å². The van der Waals surface area contributed by atoms with E-state index in [1.807, 2.05) is 0 Å². The van der Waals surface area contributed by atoms with Crippen molar-refractivity contribution in [3.05, 3.63) is 0 Å². The third kappa shape index (κ3) is 12.3. The maximum absolute atomic E-state index is 11.5. The normalized spacial score (nSPS) is 14.4. The summed E-state index contributed by atoms with van der Waals surface area (Å²) in [5.41, 5.74) is 0. The van der Waals surface area contributed by atoms with Gasteiger partial charge in [-0.05, 0) is 36.5 Å². The van der Waals surface area contributed by atoms with Crippen molar-refractivity contribution >= 4 is 6.16 Å². The highest BCUT2D eigenvalue weighted by molar-refractivity contribution is 5.59. The molecule has 0 amide bonds. The Kier molecular flexibility index (Phi) is 10.6. The molecule has 0 fully saturated rings. The van der Waals surface area contributed by atoms with Crippen LogP contribution in [0.3, 0.4) is 0 Å². The van der Waals surface area contributed by atoms with Crippen molar-refractivity contribution in [3.63, 3.8) is 0 Å². The van der Waals surface area contributed by atoms with Crippen molar-refractivity contribution in [1.82, 2.24) is 0 Å². The van der Waals surface area contributed by atoms with Crippen LogP contribution in [0.1, 0.15) is 67.2 Å². The molecule has 3 heteroatoms. The minimum absolute atomic E-state index is 0.406. The highest BCUT2D eigenvalue weighted by Crippen LogP contribution is 2.14. The van der Waals surface area contributed by atoms with Gasteiger partial charge < -0.3 is 9.47 Å². The predicted octanol–water partition coefficient (Wildman–Crippen LogP) is 5.28. The smallest absolute Gasteiger partial charge is 0.434 e. The summed E-state index contributed by atoms with van der Waals surface area (Å²) >= 11 is 0. The van der Waals surface area contributed by atoms with Gasteiger partial charge in [0.1, 0.15) is 0 Å². The fourth-order valence-corrected chi connectivity index (χ4v) is 1.86. The Morgan fingerprint density at radius 2 is 1.05 bits per heavy atom. The van der Waals surface area contributed by atoms with Gasteiger partial charge in [0, 0.05) is 0 Å². The van der Waals surface area contributed by atoms with Gasteiger partial charge in [0.2, 0.25) is 0 Å². The quantitative estimate of drug-likeness (QED) is 0.512. The first kappa shape index (κ1) is 19.3. The summed E-state index contributed by atoms with van der Waals surface area (Å²) < 4.78 is 10.3. The fourth-order valence-electron chi connectivity index (χ4n) is 1.86. The Balaban J connectivity index is 3.62. The molecule has 3 nitrogen and oxygen atoms in total. The Hall–Kier alpha value is -0.730. The molecule has 2 atom stereocenters. The van der Waals surface area contributed by atoms with Crippen LogP contribution in [0.4, 0.5) is 4.79 Å². The molecular formula is C17H34O3. The first-order valence-corrected chi connectivity index (χ1v) is 8.10. The van der Waals surface area contributed by atoms with Crippen molar-refractivity contribution in [1.29, 1.82) is 0 Å². The van der Waals surface area contributed by atoms with E-state index >= 15 is 0 Å². The molecule has 0 saturated heterocycles. The van der Waals surface area contributed by atoms with E-state index < -0.39 is 6.16 Å². The maximum atomic E-state index is 11.5. The zero-order valence-corrected chi connectivity index (χ0v) is 14.3. The van der Waals surface area contributed by atoms with Crippen molar-refractivity contribution in [2.75, 3.05) is 13.2 Å². The van der Waals surface area contributed by atoms with Gasteiger partial charge in [-0.15, -0.1) is 0 Å². The second-order valence-corrected chi connectivity index (χ2v) is 7.02. The van der Waals surface area contributed by atoms with Gasteiger partial charge in [0.15, 0.2) is 0 Å². The molecule has 0 aliphatic rings. The topological polar surface area (TPSA) is 35.5 Å². The molecule has 2 unspecified atom stereocenters. The lowest BCUT2D eigenvalue weighted by atomic mass is 10.0. The number of carbonyl (C=O) groups excluding carboxylic acids is 1. The van der Waals surface area contributed by atoms with E-state index in [1.54, 1.807) is 0 Å². The molecule has 0 aromatic heterocycles. The largest absolute Gasteiger partial charge is 0.508 e. The van der Waals surface area contributed by atoms with Gasteiger partial charge in [0.05, 0.1) is 13.2 Å². The highest BCUT2D eigenvalue weighted by Gasteiger charge is 2.11. The molecule has 120 valence electrons. The van der Waals surface area contributed by atoms with Crippen molar-refractivity contribution in [2.24, 2.45) is 23.7 Å². The van der Waals surface area contributed by atoms with Crippen molar-refractivity contribution in [3.8, 4) is 0 Å². The molecule has 0 aliphatic carbocycles.